The number of aryl methyl sites for hydroxylation is 1. The molecular formula is C15H18N4. The minimum atomic E-state index is 0.396. The summed E-state index contributed by atoms with van der Waals surface area (Å²) in [4.78, 5) is 6.67. The van der Waals surface area contributed by atoms with Gasteiger partial charge < -0.3 is 16.4 Å². The number of nitrogen functional groups attached to an aromatic ring is 2. The Balaban J connectivity index is 2.10. The Kier molecular flexibility index (Phi) is 2.78. The zero-order valence-electron chi connectivity index (χ0n) is 11.0. The minimum Gasteiger partial charge on any atom is -0.396 e. The Labute approximate surface area is 113 Å². The molecule has 0 aliphatic carbocycles. The van der Waals surface area contributed by atoms with Crippen LogP contribution in [0.15, 0.2) is 36.4 Å². The number of pyridine rings is 1. The molecule has 1 atom stereocenters. The monoisotopic (exact) mass is 254 g/mol. The summed E-state index contributed by atoms with van der Waals surface area (Å²) in [6.45, 7) is 2.21. The fourth-order valence-electron chi connectivity index (χ4n) is 2.65. The van der Waals surface area contributed by atoms with Crippen molar-refractivity contribution in [3.8, 4) is 0 Å². The van der Waals surface area contributed by atoms with E-state index in [9.17, 15) is 0 Å². The van der Waals surface area contributed by atoms with Gasteiger partial charge in [-0.05, 0) is 43.5 Å². The molecule has 2 heterocycles. The van der Waals surface area contributed by atoms with Crippen molar-refractivity contribution in [2.45, 2.75) is 25.8 Å². The van der Waals surface area contributed by atoms with Gasteiger partial charge in [-0.25, -0.2) is 4.98 Å². The number of benzene rings is 1. The highest BCUT2D eigenvalue weighted by Gasteiger charge is 2.25. The summed E-state index contributed by atoms with van der Waals surface area (Å²) >= 11 is 0. The van der Waals surface area contributed by atoms with E-state index in [1.165, 1.54) is 11.3 Å². The molecule has 2 aromatic rings. The van der Waals surface area contributed by atoms with Gasteiger partial charge in [-0.15, -0.1) is 0 Å². The van der Waals surface area contributed by atoms with Crippen molar-refractivity contribution in [2.75, 3.05) is 16.4 Å². The number of hydrogen-bond acceptors (Lipinski definition) is 4. The third kappa shape index (κ3) is 1.99. The van der Waals surface area contributed by atoms with Gasteiger partial charge in [0.25, 0.3) is 0 Å². The fourth-order valence-corrected chi connectivity index (χ4v) is 2.65. The summed E-state index contributed by atoms with van der Waals surface area (Å²) in [7, 11) is 0. The summed E-state index contributed by atoms with van der Waals surface area (Å²) in [5.41, 5.74) is 14.7. The molecule has 1 aromatic heterocycles. The van der Waals surface area contributed by atoms with E-state index in [2.05, 4.69) is 41.1 Å². The Morgan fingerprint density at radius 1 is 1.16 bits per heavy atom. The van der Waals surface area contributed by atoms with E-state index in [1.807, 2.05) is 12.1 Å². The lowest BCUT2D eigenvalue weighted by molar-refractivity contribution is 0.614. The first-order chi connectivity index (χ1) is 9.16. The molecular weight excluding hydrogens is 236 g/mol. The van der Waals surface area contributed by atoms with Gasteiger partial charge in [0.15, 0.2) is 0 Å². The fraction of sp³-hybridized carbons (Fsp3) is 0.267. The van der Waals surface area contributed by atoms with Crippen LogP contribution in [0.5, 0.6) is 0 Å². The van der Waals surface area contributed by atoms with Gasteiger partial charge in [0.1, 0.15) is 11.6 Å². The van der Waals surface area contributed by atoms with Gasteiger partial charge in [-0.3, -0.25) is 0 Å². The second-order valence-corrected chi connectivity index (χ2v) is 5.03. The van der Waals surface area contributed by atoms with Crippen LogP contribution < -0.4 is 16.4 Å². The maximum atomic E-state index is 5.83. The lowest BCUT2D eigenvalue weighted by Gasteiger charge is -2.36. The maximum Gasteiger partial charge on any atom is 0.149 e. The number of nitrogens with two attached hydrogens (primary N) is 2. The lowest BCUT2D eigenvalue weighted by Crippen LogP contribution is -2.33. The van der Waals surface area contributed by atoms with Crippen LogP contribution in [0, 0.1) is 0 Å². The Bertz CT molecular complexity index is 609. The molecule has 3 rings (SSSR count). The summed E-state index contributed by atoms with van der Waals surface area (Å²) in [5.74, 6) is 1.26. The lowest BCUT2D eigenvalue weighted by atomic mass is 9.96. The Morgan fingerprint density at radius 2 is 1.95 bits per heavy atom. The third-order valence-corrected chi connectivity index (χ3v) is 3.71. The maximum absolute atomic E-state index is 5.83. The molecule has 4 heteroatoms. The van der Waals surface area contributed by atoms with E-state index in [1.54, 1.807) is 0 Å². The molecule has 0 spiro atoms. The van der Waals surface area contributed by atoms with Crippen LogP contribution in [-0.2, 0) is 6.42 Å². The van der Waals surface area contributed by atoms with Gasteiger partial charge in [-0.2, -0.15) is 0 Å². The number of hydrogen-bond donors (Lipinski definition) is 2. The smallest absolute Gasteiger partial charge is 0.149 e. The molecule has 0 fully saturated rings. The van der Waals surface area contributed by atoms with Gasteiger partial charge >= 0.3 is 0 Å². The average molecular weight is 254 g/mol. The van der Waals surface area contributed by atoms with Gasteiger partial charge in [0.05, 0.1) is 5.69 Å². The van der Waals surface area contributed by atoms with E-state index in [-0.39, 0.29) is 0 Å². The van der Waals surface area contributed by atoms with Crippen LogP contribution in [0.2, 0.25) is 0 Å². The normalized spacial score (nSPS) is 18.2. The Morgan fingerprint density at radius 3 is 2.74 bits per heavy atom. The zero-order chi connectivity index (χ0) is 13.4. The number of anilines is 4. The standard InChI is InChI=1S/C15H18N4/c1-10-6-7-11-4-2-3-5-13(11)19(10)14-9-8-12(16)15(17)18-14/h2-5,8-10H,6-7,16H2,1H3,(H2,17,18). The highest BCUT2D eigenvalue weighted by Crippen LogP contribution is 2.36. The largest absolute Gasteiger partial charge is 0.396 e. The highest BCUT2D eigenvalue weighted by molar-refractivity contribution is 5.70. The number of fused-ring (bicyclic) bond motifs is 1. The number of rotatable bonds is 1. The van der Waals surface area contributed by atoms with E-state index in [0.29, 0.717) is 17.5 Å². The summed E-state index contributed by atoms with van der Waals surface area (Å²) < 4.78 is 0. The van der Waals surface area contributed by atoms with E-state index < -0.39 is 0 Å². The van der Waals surface area contributed by atoms with Crippen molar-refractivity contribution in [2.24, 2.45) is 0 Å². The Hall–Kier alpha value is -2.23. The molecule has 1 aromatic carbocycles. The molecule has 1 aliphatic rings. The molecule has 0 radical (unpaired) electrons. The highest BCUT2D eigenvalue weighted by atomic mass is 15.2. The van der Waals surface area contributed by atoms with Crippen LogP contribution in [0.3, 0.4) is 0 Å². The predicted molar refractivity (Wildman–Crippen MR) is 79.4 cm³/mol. The topological polar surface area (TPSA) is 68.2 Å². The molecule has 4 N–H and O–H groups in total. The first-order valence-corrected chi connectivity index (χ1v) is 6.56. The van der Waals surface area contributed by atoms with E-state index in [0.717, 1.165) is 18.7 Å². The molecule has 4 nitrogen and oxygen atoms in total. The van der Waals surface area contributed by atoms with Crippen LogP contribution in [-0.4, -0.2) is 11.0 Å². The summed E-state index contributed by atoms with van der Waals surface area (Å²) in [6, 6.07) is 12.6. The summed E-state index contributed by atoms with van der Waals surface area (Å²) in [5, 5.41) is 0. The predicted octanol–water partition coefficient (Wildman–Crippen LogP) is 2.72. The van der Waals surface area contributed by atoms with E-state index >= 15 is 0 Å². The molecule has 0 saturated heterocycles. The zero-order valence-corrected chi connectivity index (χ0v) is 11.0. The number of nitrogens with zero attached hydrogens (tertiary/aromatic N) is 2. The van der Waals surface area contributed by atoms with Crippen molar-refractivity contribution >= 4 is 23.0 Å². The molecule has 0 amide bonds. The molecule has 19 heavy (non-hydrogen) atoms. The van der Waals surface area contributed by atoms with Crippen LogP contribution in [0.1, 0.15) is 18.9 Å². The van der Waals surface area contributed by atoms with Crippen molar-refractivity contribution in [3.63, 3.8) is 0 Å². The third-order valence-electron chi connectivity index (χ3n) is 3.71. The first-order valence-electron chi connectivity index (χ1n) is 6.56. The van der Waals surface area contributed by atoms with Gasteiger partial charge in [-0.1, -0.05) is 18.2 Å². The SMILES string of the molecule is CC1CCc2ccccc2N1c1ccc(N)c(N)n1. The van der Waals surface area contributed by atoms with Gasteiger partial charge in [0, 0.05) is 11.7 Å². The van der Waals surface area contributed by atoms with Crippen molar-refractivity contribution < 1.29 is 0 Å². The van der Waals surface area contributed by atoms with Crippen LogP contribution in [0.4, 0.5) is 23.0 Å². The molecule has 1 aliphatic heterocycles. The average Bonchev–Trinajstić information content (AvgIpc) is 2.42. The second-order valence-electron chi connectivity index (χ2n) is 5.03. The van der Waals surface area contributed by atoms with Crippen LogP contribution in [0.25, 0.3) is 0 Å². The van der Waals surface area contributed by atoms with Crippen molar-refractivity contribution in [1.82, 2.24) is 4.98 Å². The first kappa shape index (κ1) is 11.8. The number of para-hydroxylation sites is 1. The minimum absolute atomic E-state index is 0.396. The molecule has 0 saturated carbocycles. The number of aromatic nitrogens is 1. The van der Waals surface area contributed by atoms with Crippen LogP contribution >= 0.6 is 0 Å². The summed E-state index contributed by atoms with van der Waals surface area (Å²) in [6.07, 6.45) is 2.22. The van der Waals surface area contributed by atoms with Gasteiger partial charge in [0.2, 0.25) is 0 Å². The van der Waals surface area contributed by atoms with Crippen molar-refractivity contribution in [1.29, 1.82) is 0 Å². The van der Waals surface area contributed by atoms with Crippen molar-refractivity contribution in [3.05, 3.63) is 42.0 Å². The quantitative estimate of drug-likeness (QED) is 0.821. The molecule has 0 bridgehead atoms. The molecule has 1 unspecified atom stereocenters. The van der Waals surface area contributed by atoms with E-state index in [4.69, 9.17) is 11.5 Å². The molecule has 98 valence electrons. The second kappa shape index (κ2) is 4.46.